The van der Waals surface area contributed by atoms with Crippen LogP contribution in [0.2, 0.25) is 0 Å². The minimum atomic E-state index is -4.47. The second kappa shape index (κ2) is 6.81. The first-order valence-corrected chi connectivity index (χ1v) is 8.07. The standard InChI is InChI=1S/C17H17F3N4O2/c1-2-15(25)24-6-3-4-12(24)9-21-16(26)13-10-23-7-5-11(17(18,19)20)8-14(23)22-13/h2,5,7-8,10,12H,1,3-4,6,9H2,(H,21,26). The van der Waals surface area contributed by atoms with Crippen molar-refractivity contribution in [2.24, 2.45) is 0 Å². The van der Waals surface area contributed by atoms with Gasteiger partial charge in [0, 0.05) is 31.5 Å². The zero-order chi connectivity index (χ0) is 18.9. The lowest BCUT2D eigenvalue weighted by Gasteiger charge is -2.23. The van der Waals surface area contributed by atoms with Crippen LogP contribution in [0.4, 0.5) is 13.2 Å². The summed E-state index contributed by atoms with van der Waals surface area (Å²) < 4.78 is 39.6. The van der Waals surface area contributed by atoms with Crippen molar-refractivity contribution >= 4 is 17.5 Å². The summed E-state index contributed by atoms with van der Waals surface area (Å²) in [6.45, 7) is 4.32. The lowest BCUT2D eigenvalue weighted by atomic mass is 10.2. The van der Waals surface area contributed by atoms with Crippen molar-refractivity contribution in [2.45, 2.75) is 25.1 Å². The molecule has 1 aliphatic heterocycles. The normalized spacial score (nSPS) is 17.5. The first kappa shape index (κ1) is 18.0. The Labute approximate surface area is 147 Å². The Balaban J connectivity index is 1.70. The first-order valence-electron chi connectivity index (χ1n) is 8.07. The van der Waals surface area contributed by atoms with Crippen molar-refractivity contribution < 1.29 is 22.8 Å². The van der Waals surface area contributed by atoms with Gasteiger partial charge < -0.3 is 14.6 Å². The van der Waals surface area contributed by atoms with Gasteiger partial charge in [-0.25, -0.2) is 4.98 Å². The van der Waals surface area contributed by atoms with E-state index in [-0.39, 0.29) is 29.8 Å². The molecular formula is C17H17F3N4O2. The molecule has 6 nitrogen and oxygen atoms in total. The van der Waals surface area contributed by atoms with Gasteiger partial charge in [0.15, 0.2) is 0 Å². The lowest BCUT2D eigenvalue weighted by Crippen LogP contribution is -2.42. The van der Waals surface area contributed by atoms with Crippen molar-refractivity contribution in [1.29, 1.82) is 0 Å². The molecule has 26 heavy (non-hydrogen) atoms. The highest BCUT2D eigenvalue weighted by molar-refractivity contribution is 5.93. The maximum atomic E-state index is 12.8. The van der Waals surface area contributed by atoms with E-state index >= 15 is 0 Å². The number of carbonyl (C=O) groups excluding carboxylic acids is 2. The molecule has 0 saturated carbocycles. The zero-order valence-electron chi connectivity index (χ0n) is 13.8. The van der Waals surface area contributed by atoms with Crippen molar-refractivity contribution in [3.05, 3.63) is 48.4 Å². The van der Waals surface area contributed by atoms with Crippen LogP contribution < -0.4 is 5.32 Å². The predicted octanol–water partition coefficient (Wildman–Crippen LogP) is 2.26. The molecule has 2 amide bonds. The fourth-order valence-corrected chi connectivity index (χ4v) is 3.02. The van der Waals surface area contributed by atoms with Crippen LogP contribution >= 0.6 is 0 Å². The average Bonchev–Trinajstić information content (AvgIpc) is 3.23. The highest BCUT2D eigenvalue weighted by Gasteiger charge is 2.31. The number of amides is 2. The summed E-state index contributed by atoms with van der Waals surface area (Å²) in [6, 6.07) is 1.68. The van der Waals surface area contributed by atoms with E-state index in [9.17, 15) is 22.8 Å². The number of aromatic nitrogens is 2. The number of likely N-dealkylation sites (tertiary alicyclic amines) is 1. The van der Waals surface area contributed by atoms with E-state index < -0.39 is 17.6 Å². The maximum absolute atomic E-state index is 12.8. The van der Waals surface area contributed by atoms with Crippen molar-refractivity contribution in [3.8, 4) is 0 Å². The molecular weight excluding hydrogens is 349 g/mol. The zero-order valence-corrected chi connectivity index (χ0v) is 13.8. The van der Waals surface area contributed by atoms with E-state index in [1.807, 2.05) is 0 Å². The molecule has 0 bridgehead atoms. The van der Waals surface area contributed by atoms with Crippen LogP contribution in [0.1, 0.15) is 28.9 Å². The van der Waals surface area contributed by atoms with Crippen LogP contribution in [0.25, 0.3) is 5.65 Å². The van der Waals surface area contributed by atoms with Gasteiger partial charge >= 0.3 is 6.18 Å². The average molecular weight is 366 g/mol. The molecule has 138 valence electrons. The highest BCUT2D eigenvalue weighted by atomic mass is 19.4. The summed E-state index contributed by atoms with van der Waals surface area (Å²) in [7, 11) is 0. The van der Waals surface area contributed by atoms with Crippen LogP contribution in [0.15, 0.2) is 37.2 Å². The van der Waals surface area contributed by atoms with Crippen molar-refractivity contribution in [2.75, 3.05) is 13.1 Å². The molecule has 2 aromatic rings. The van der Waals surface area contributed by atoms with Crippen LogP contribution in [0, 0.1) is 0 Å². The lowest BCUT2D eigenvalue weighted by molar-refractivity contribution is -0.137. The minimum Gasteiger partial charge on any atom is -0.349 e. The molecule has 0 spiro atoms. The van der Waals surface area contributed by atoms with Crippen LogP contribution in [-0.4, -0.2) is 45.2 Å². The monoisotopic (exact) mass is 366 g/mol. The summed E-state index contributed by atoms with van der Waals surface area (Å²) in [5, 5.41) is 2.69. The number of nitrogens with zero attached hydrogens (tertiary/aromatic N) is 3. The Morgan fingerprint density at radius 1 is 1.42 bits per heavy atom. The Morgan fingerprint density at radius 2 is 2.19 bits per heavy atom. The number of alkyl halides is 3. The number of hydrogen-bond donors (Lipinski definition) is 1. The number of pyridine rings is 1. The second-order valence-corrected chi connectivity index (χ2v) is 6.05. The predicted molar refractivity (Wildman–Crippen MR) is 87.5 cm³/mol. The summed E-state index contributed by atoms with van der Waals surface area (Å²) in [5.74, 6) is -0.686. The third kappa shape index (κ3) is 3.56. The number of imidazole rings is 1. The summed E-state index contributed by atoms with van der Waals surface area (Å²) >= 11 is 0. The smallest absolute Gasteiger partial charge is 0.349 e. The first-order chi connectivity index (χ1) is 12.3. The van der Waals surface area contributed by atoms with Gasteiger partial charge in [-0.2, -0.15) is 13.2 Å². The molecule has 0 radical (unpaired) electrons. The molecule has 3 heterocycles. The molecule has 0 aliphatic carbocycles. The van der Waals surface area contributed by atoms with Gasteiger partial charge in [0.2, 0.25) is 5.91 Å². The fraction of sp³-hybridized carbons (Fsp3) is 0.353. The summed E-state index contributed by atoms with van der Waals surface area (Å²) in [4.78, 5) is 29.6. The van der Waals surface area contributed by atoms with E-state index in [1.54, 1.807) is 4.90 Å². The largest absolute Gasteiger partial charge is 0.416 e. The number of halogens is 3. The Morgan fingerprint density at radius 3 is 2.88 bits per heavy atom. The quantitative estimate of drug-likeness (QED) is 0.844. The van der Waals surface area contributed by atoms with Gasteiger partial charge in [0.25, 0.3) is 5.91 Å². The summed E-state index contributed by atoms with van der Waals surface area (Å²) in [6.07, 6.45) is 0.949. The van der Waals surface area contributed by atoms with E-state index in [2.05, 4.69) is 16.9 Å². The molecule has 3 rings (SSSR count). The number of fused-ring (bicyclic) bond motifs is 1. The Bertz CT molecular complexity index is 859. The van der Waals surface area contributed by atoms with E-state index in [4.69, 9.17) is 0 Å². The van der Waals surface area contributed by atoms with Crippen LogP contribution in [0.3, 0.4) is 0 Å². The van der Waals surface area contributed by atoms with Gasteiger partial charge in [0.1, 0.15) is 11.3 Å². The van der Waals surface area contributed by atoms with Gasteiger partial charge in [-0.05, 0) is 31.1 Å². The fourth-order valence-electron chi connectivity index (χ4n) is 3.02. The van der Waals surface area contributed by atoms with Gasteiger partial charge in [-0.15, -0.1) is 0 Å². The highest BCUT2D eigenvalue weighted by Crippen LogP contribution is 2.29. The van der Waals surface area contributed by atoms with Gasteiger partial charge in [-0.3, -0.25) is 9.59 Å². The van der Waals surface area contributed by atoms with E-state index in [0.29, 0.717) is 6.54 Å². The molecule has 0 aromatic carbocycles. The number of nitrogens with one attached hydrogen (secondary N) is 1. The minimum absolute atomic E-state index is 0.0175. The van der Waals surface area contributed by atoms with Crippen molar-refractivity contribution in [1.82, 2.24) is 19.6 Å². The summed E-state index contributed by atoms with van der Waals surface area (Å²) in [5.41, 5.74) is -0.773. The molecule has 1 unspecified atom stereocenters. The Kier molecular flexibility index (Phi) is 4.71. The molecule has 9 heteroatoms. The van der Waals surface area contributed by atoms with Gasteiger partial charge in [-0.1, -0.05) is 6.58 Å². The van der Waals surface area contributed by atoms with E-state index in [0.717, 1.165) is 25.0 Å². The molecule has 1 saturated heterocycles. The van der Waals surface area contributed by atoms with Crippen LogP contribution in [-0.2, 0) is 11.0 Å². The third-order valence-electron chi connectivity index (χ3n) is 4.35. The van der Waals surface area contributed by atoms with Crippen LogP contribution in [0.5, 0.6) is 0 Å². The van der Waals surface area contributed by atoms with E-state index in [1.165, 1.54) is 22.9 Å². The topological polar surface area (TPSA) is 66.7 Å². The number of hydrogen-bond acceptors (Lipinski definition) is 3. The van der Waals surface area contributed by atoms with Gasteiger partial charge in [0.05, 0.1) is 5.56 Å². The molecule has 2 aromatic heterocycles. The maximum Gasteiger partial charge on any atom is 0.416 e. The Hall–Kier alpha value is -2.84. The molecule has 1 fully saturated rings. The third-order valence-corrected chi connectivity index (χ3v) is 4.35. The molecule has 1 aliphatic rings. The number of carbonyl (C=O) groups is 2. The SMILES string of the molecule is C=CC(=O)N1CCCC1CNC(=O)c1cn2ccc(C(F)(F)F)cc2n1. The molecule has 1 N–H and O–H groups in total. The molecule has 1 atom stereocenters. The van der Waals surface area contributed by atoms with Crippen molar-refractivity contribution in [3.63, 3.8) is 0 Å². The second-order valence-electron chi connectivity index (χ2n) is 6.05. The number of rotatable bonds is 4.